The lowest BCUT2D eigenvalue weighted by molar-refractivity contribution is 0.252. The Labute approximate surface area is 73.9 Å². The molecule has 0 amide bonds. The zero-order chi connectivity index (χ0) is 8.39. The van der Waals surface area contributed by atoms with Gasteiger partial charge in [0, 0.05) is 19.6 Å². The summed E-state index contributed by atoms with van der Waals surface area (Å²) < 4.78 is 12.8. The van der Waals surface area contributed by atoms with Crippen molar-refractivity contribution in [3.8, 4) is 0 Å². The molecule has 1 aliphatic heterocycles. The van der Waals surface area contributed by atoms with Crippen LogP contribution in [0, 0.1) is 5.92 Å². The molecule has 2 rings (SSSR count). The normalized spacial score (nSPS) is 33.2. The molecule has 1 saturated heterocycles. The Morgan fingerprint density at radius 2 is 1.92 bits per heavy atom. The molecule has 0 radical (unpaired) electrons. The van der Waals surface area contributed by atoms with Gasteiger partial charge in [-0.1, -0.05) is 12.8 Å². The molecule has 2 fully saturated rings. The predicted molar refractivity (Wildman–Crippen MR) is 47.9 cm³/mol. The maximum atomic E-state index is 12.8. The first kappa shape index (κ1) is 8.49. The summed E-state index contributed by atoms with van der Waals surface area (Å²) in [5.41, 5.74) is 0. The number of hydrogen-bond acceptors (Lipinski definition) is 1. The summed E-state index contributed by atoms with van der Waals surface area (Å²) in [6.07, 6.45) is 5.80. The molecule has 0 N–H and O–H groups in total. The molecule has 0 aromatic heterocycles. The van der Waals surface area contributed by atoms with Crippen LogP contribution in [0.4, 0.5) is 4.39 Å². The van der Waals surface area contributed by atoms with Crippen LogP contribution in [0.1, 0.15) is 32.1 Å². The number of hydrogen-bond donors (Lipinski definition) is 0. The van der Waals surface area contributed by atoms with Crippen molar-refractivity contribution in [2.24, 2.45) is 5.92 Å². The number of alkyl halides is 1. The monoisotopic (exact) mass is 171 g/mol. The van der Waals surface area contributed by atoms with Gasteiger partial charge in [0.15, 0.2) is 0 Å². The summed E-state index contributed by atoms with van der Waals surface area (Å²) in [5, 5.41) is 0. The van der Waals surface area contributed by atoms with Crippen molar-refractivity contribution >= 4 is 0 Å². The van der Waals surface area contributed by atoms with E-state index in [1.165, 1.54) is 32.2 Å². The lowest BCUT2D eigenvalue weighted by Crippen LogP contribution is -2.26. The first-order valence-corrected chi connectivity index (χ1v) is 5.21. The van der Waals surface area contributed by atoms with Crippen LogP contribution in [0.2, 0.25) is 0 Å². The molecule has 1 heterocycles. The SMILES string of the molecule is F[C@@H]1CCN(CC2CCCC2)C1. The maximum absolute atomic E-state index is 12.8. The molecule has 1 nitrogen and oxygen atoms in total. The number of likely N-dealkylation sites (tertiary alicyclic amines) is 1. The number of nitrogens with zero attached hydrogens (tertiary/aromatic N) is 1. The predicted octanol–water partition coefficient (Wildman–Crippen LogP) is 2.22. The van der Waals surface area contributed by atoms with Crippen molar-refractivity contribution < 1.29 is 4.39 Å². The zero-order valence-electron chi connectivity index (χ0n) is 7.64. The molecule has 12 heavy (non-hydrogen) atoms. The Balaban J connectivity index is 1.72. The van der Waals surface area contributed by atoms with Gasteiger partial charge >= 0.3 is 0 Å². The summed E-state index contributed by atoms with van der Waals surface area (Å²) in [7, 11) is 0. The molecule has 1 saturated carbocycles. The highest BCUT2D eigenvalue weighted by molar-refractivity contribution is 4.78. The molecule has 0 aromatic rings. The van der Waals surface area contributed by atoms with Gasteiger partial charge in [-0.25, -0.2) is 4.39 Å². The van der Waals surface area contributed by atoms with Gasteiger partial charge in [0.25, 0.3) is 0 Å². The molecule has 1 aliphatic carbocycles. The van der Waals surface area contributed by atoms with Crippen LogP contribution < -0.4 is 0 Å². The fraction of sp³-hybridized carbons (Fsp3) is 1.00. The van der Waals surface area contributed by atoms with Crippen molar-refractivity contribution in [3.05, 3.63) is 0 Å². The van der Waals surface area contributed by atoms with E-state index in [1.54, 1.807) is 0 Å². The van der Waals surface area contributed by atoms with E-state index in [-0.39, 0.29) is 0 Å². The molecule has 0 unspecified atom stereocenters. The molecule has 0 aromatic carbocycles. The van der Waals surface area contributed by atoms with E-state index < -0.39 is 6.17 Å². The van der Waals surface area contributed by atoms with Crippen molar-refractivity contribution in [2.75, 3.05) is 19.6 Å². The third-order valence-electron chi connectivity index (χ3n) is 3.21. The highest BCUT2D eigenvalue weighted by Gasteiger charge is 2.25. The summed E-state index contributed by atoms with van der Waals surface area (Å²) in [6.45, 7) is 2.87. The molecular formula is C10H18FN. The highest BCUT2D eigenvalue weighted by atomic mass is 19.1. The van der Waals surface area contributed by atoms with Gasteiger partial charge < -0.3 is 4.90 Å². The van der Waals surface area contributed by atoms with Crippen molar-refractivity contribution in [3.63, 3.8) is 0 Å². The van der Waals surface area contributed by atoms with Gasteiger partial charge in [-0.15, -0.1) is 0 Å². The largest absolute Gasteiger partial charge is 0.300 e. The van der Waals surface area contributed by atoms with E-state index in [9.17, 15) is 4.39 Å². The first-order chi connectivity index (χ1) is 5.84. The minimum Gasteiger partial charge on any atom is -0.300 e. The lowest BCUT2D eigenvalue weighted by Gasteiger charge is -2.18. The van der Waals surface area contributed by atoms with Gasteiger partial charge in [-0.05, 0) is 25.2 Å². The second-order valence-corrected chi connectivity index (χ2v) is 4.30. The second-order valence-electron chi connectivity index (χ2n) is 4.30. The van der Waals surface area contributed by atoms with Gasteiger partial charge in [0.05, 0.1) is 0 Å². The van der Waals surface area contributed by atoms with Crippen molar-refractivity contribution in [1.82, 2.24) is 4.90 Å². The smallest absolute Gasteiger partial charge is 0.114 e. The van der Waals surface area contributed by atoms with Crippen LogP contribution in [0.15, 0.2) is 0 Å². The first-order valence-electron chi connectivity index (χ1n) is 5.21. The van der Waals surface area contributed by atoms with Crippen molar-refractivity contribution in [2.45, 2.75) is 38.3 Å². The molecular weight excluding hydrogens is 153 g/mol. The van der Waals surface area contributed by atoms with Crippen LogP contribution in [0.25, 0.3) is 0 Å². The van der Waals surface area contributed by atoms with Gasteiger partial charge in [0.1, 0.15) is 6.17 Å². The Morgan fingerprint density at radius 1 is 1.17 bits per heavy atom. The number of halogens is 1. The van der Waals surface area contributed by atoms with Gasteiger partial charge in [-0.2, -0.15) is 0 Å². The van der Waals surface area contributed by atoms with E-state index in [0.717, 1.165) is 18.9 Å². The third-order valence-corrected chi connectivity index (χ3v) is 3.21. The Bertz CT molecular complexity index is 143. The average Bonchev–Trinajstić information content (AvgIpc) is 2.63. The zero-order valence-corrected chi connectivity index (χ0v) is 7.64. The van der Waals surface area contributed by atoms with Crippen molar-refractivity contribution in [1.29, 1.82) is 0 Å². The lowest BCUT2D eigenvalue weighted by atomic mass is 10.1. The minimum absolute atomic E-state index is 0.536. The molecule has 2 aliphatic rings. The fourth-order valence-electron chi connectivity index (χ4n) is 2.51. The second kappa shape index (κ2) is 3.73. The van der Waals surface area contributed by atoms with E-state index in [1.807, 2.05) is 0 Å². The van der Waals surface area contributed by atoms with Crippen LogP contribution in [-0.4, -0.2) is 30.7 Å². The maximum Gasteiger partial charge on any atom is 0.114 e. The standard InChI is InChI=1S/C10H18FN/c11-10-5-6-12(8-10)7-9-3-1-2-4-9/h9-10H,1-8H2/t10-/m1/s1. The summed E-state index contributed by atoms with van der Waals surface area (Å²) in [6, 6.07) is 0. The average molecular weight is 171 g/mol. The fourth-order valence-corrected chi connectivity index (χ4v) is 2.51. The van der Waals surface area contributed by atoms with E-state index >= 15 is 0 Å². The molecule has 2 heteroatoms. The topological polar surface area (TPSA) is 3.24 Å². The molecule has 0 bridgehead atoms. The van der Waals surface area contributed by atoms with E-state index in [0.29, 0.717) is 6.54 Å². The van der Waals surface area contributed by atoms with Gasteiger partial charge in [0.2, 0.25) is 0 Å². The van der Waals surface area contributed by atoms with Gasteiger partial charge in [-0.3, -0.25) is 0 Å². The summed E-state index contributed by atoms with van der Waals surface area (Å²) >= 11 is 0. The number of rotatable bonds is 2. The quantitative estimate of drug-likeness (QED) is 0.615. The Morgan fingerprint density at radius 3 is 2.50 bits per heavy atom. The Kier molecular flexibility index (Phi) is 2.64. The van der Waals surface area contributed by atoms with E-state index in [4.69, 9.17) is 0 Å². The molecule has 70 valence electrons. The van der Waals surface area contributed by atoms with Crippen LogP contribution >= 0.6 is 0 Å². The Hall–Kier alpha value is -0.110. The van der Waals surface area contributed by atoms with Crippen LogP contribution in [0.5, 0.6) is 0 Å². The van der Waals surface area contributed by atoms with Crippen LogP contribution in [0.3, 0.4) is 0 Å². The summed E-state index contributed by atoms with van der Waals surface area (Å²) in [5.74, 6) is 0.885. The molecule has 0 spiro atoms. The van der Waals surface area contributed by atoms with E-state index in [2.05, 4.69) is 4.90 Å². The molecule has 1 atom stereocenters. The third kappa shape index (κ3) is 1.98. The summed E-state index contributed by atoms with van der Waals surface area (Å²) in [4.78, 5) is 2.31. The minimum atomic E-state index is -0.536. The highest BCUT2D eigenvalue weighted by Crippen LogP contribution is 2.26. The van der Waals surface area contributed by atoms with Crippen LogP contribution in [-0.2, 0) is 0 Å².